The lowest BCUT2D eigenvalue weighted by Crippen LogP contribution is -2.32. The van der Waals surface area contributed by atoms with Gasteiger partial charge in [-0.2, -0.15) is 0 Å². The van der Waals surface area contributed by atoms with Crippen molar-refractivity contribution < 1.29 is 9.53 Å². The van der Waals surface area contributed by atoms with Crippen molar-refractivity contribution in [2.45, 2.75) is 71.4 Å². The van der Waals surface area contributed by atoms with Crippen LogP contribution in [0.4, 0.5) is 4.79 Å². The highest BCUT2D eigenvalue weighted by atomic mass is 16.6. The average Bonchev–Trinajstić information content (AvgIpc) is 2.64. The van der Waals surface area contributed by atoms with Crippen molar-refractivity contribution in [3.05, 3.63) is 58.7 Å². The van der Waals surface area contributed by atoms with Gasteiger partial charge in [0.25, 0.3) is 0 Å². The van der Waals surface area contributed by atoms with Crippen LogP contribution in [0.2, 0.25) is 0 Å². The number of amides is 1. The molecule has 0 bridgehead atoms. The molecule has 27 heavy (non-hydrogen) atoms. The molecule has 1 aromatic carbocycles. The van der Waals surface area contributed by atoms with Crippen LogP contribution >= 0.6 is 0 Å². The first-order valence-corrected chi connectivity index (χ1v) is 9.77. The maximum absolute atomic E-state index is 11.7. The monoisotopic (exact) mass is 367 g/mol. The Morgan fingerprint density at radius 3 is 2.52 bits per heavy atom. The van der Waals surface area contributed by atoms with Crippen molar-refractivity contribution in [2.75, 3.05) is 0 Å². The molecule has 1 heterocycles. The van der Waals surface area contributed by atoms with E-state index < -0.39 is 11.7 Å². The van der Waals surface area contributed by atoms with E-state index in [4.69, 9.17) is 9.72 Å². The van der Waals surface area contributed by atoms with Gasteiger partial charge in [-0.05, 0) is 69.6 Å². The van der Waals surface area contributed by atoms with E-state index in [1.807, 2.05) is 39.1 Å². The summed E-state index contributed by atoms with van der Waals surface area (Å²) in [5.41, 5.74) is 4.39. The van der Waals surface area contributed by atoms with Gasteiger partial charge in [-0.15, -0.1) is 0 Å². The van der Waals surface area contributed by atoms with Gasteiger partial charge in [-0.3, -0.25) is 0 Å². The third-order valence-corrected chi connectivity index (χ3v) is 4.61. The van der Waals surface area contributed by atoms with Gasteiger partial charge in [0.1, 0.15) is 11.4 Å². The second-order valence-electron chi connectivity index (χ2n) is 8.14. The number of nitrogens with one attached hydrogen (secondary N) is 1. The van der Waals surface area contributed by atoms with Gasteiger partial charge in [0.05, 0.1) is 0 Å². The van der Waals surface area contributed by atoms with Crippen LogP contribution in [0, 0.1) is 0 Å². The SMILES string of the molecule is CC(C)(C)OC(=O)NCc1ccc(CCc2ncc3c(n2)CCCC3)cc1. The molecule has 0 aliphatic heterocycles. The molecular weight excluding hydrogens is 338 g/mol. The van der Waals surface area contributed by atoms with Crippen LogP contribution in [0.25, 0.3) is 0 Å². The number of fused-ring (bicyclic) bond motifs is 1. The summed E-state index contributed by atoms with van der Waals surface area (Å²) in [5, 5.41) is 2.78. The van der Waals surface area contributed by atoms with Gasteiger partial charge in [0.2, 0.25) is 0 Å². The summed E-state index contributed by atoms with van der Waals surface area (Å²) in [5.74, 6) is 0.936. The van der Waals surface area contributed by atoms with Crippen LogP contribution in [-0.2, 0) is 37.0 Å². The lowest BCUT2D eigenvalue weighted by molar-refractivity contribution is 0.0523. The Morgan fingerprint density at radius 2 is 1.78 bits per heavy atom. The number of aromatic nitrogens is 2. The summed E-state index contributed by atoms with van der Waals surface area (Å²) in [6, 6.07) is 8.29. The number of alkyl carbamates (subject to hydrolysis) is 1. The van der Waals surface area contributed by atoms with E-state index in [0.717, 1.165) is 37.1 Å². The van der Waals surface area contributed by atoms with Gasteiger partial charge in [0.15, 0.2) is 0 Å². The van der Waals surface area contributed by atoms with E-state index in [-0.39, 0.29) is 0 Å². The number of aryl methyl sites for hydroxylation is 4. The minimum absolute atomic E-state index is 0.392. The molecule has 3 rings (SSSR count). The Hall–Kier alpha value is -2.43. The molecule has 2 aromatic rings. The van der Waals surface area contributed by atoms with Crippen LogP contribution in [0.3, 0.4) is 0 Å². The highest BCUT2D eigenvalue weighted by Gasteiger charge is 2.15. The van der Waals surface area contributed by atoms with Crippen molar-refractivity contribution in [3.8, 4) is 0 Å². The topological polar surface area (TPSA) is 64.1 Å². The van der Waals surface area contributed by atoms with E-state index in [9.17, 15) is 4.79 Å². The normalized spacial score (nSPS) is 13.7. The molecule has 0 saturated heterocycles. The standard InChI is InChI=1S/C22H29N3O2/c1-22(2,3)27-21(26)24-14-17-10-8-16(9-11-17)12-13-20-23-15-18-6-4-5-7-19(18)25-20/h8-11,15H,4-7,12-14H2,1-3H3,(H,24,26). The Kier molecular flexibility index (Phi) is 6.09. The van der Waals surface area contributed by atoms with E-state index in [0.29, 0.717) is 6.54 Å². The molecule has 1 aliphatic carbocycles. The first kappa shape index (κ1) is 19.3. The highest BCUT2D eigenvalue weighted by molar-refractivity contribution is 5.67. The quantitative estimate of drug-likeness (QED) is 0.862. The number of hydrogen-bond donors (Lipinski definition) is 1. The second kappa shape index (κ2) is 8.51. The third kappa shape index (κ3) is 6.05. The number of ether oxygens (including phenoxy) is 1. The predicted molar refractivity (Wildman–Crippen MR) is 106 cm³/mol. The summed E-state index contributed by atoms with van der Waals surface area (Å²) in [7, 11) is 0. The number of carbonyl (C=O) groups excluding carboxylic acids is 1. The zero-order valence-electron chi connectivity index (χ0n) is 16.5. The van der Waals surface area contributed by atoms with Crippen molar-refractivity contribution >= 4 is 6.09 Å². The first-order chi connectivity index (χ1) is 12.9. The van der Waals surface area contributed by atoms with Crippen LogP contribution in [0.15, 0.2) is 30.5 Å². The molecule has 0 saturated carbocycles. The number of hydrogen-bond acceptors (Lipinski definition) is 4. The summed E-state index contributed by atoms with van der Waals surface area (Å²) in [4.78, 5) is 21.0. The number of benzene rings is 1. The Bertz CT molecular complexity index is 779. The first-order valence-electron chi connectivity index (χ1n) is 9.77. The molecule has 0 fully saturated rings. The maximum atomic E-state index is 11.7. The molecule has 0 atom stereocenters. The van der Waals surface area contributed by atoms with E-state index in [1.54, 1.807) is 0 Å². The summed E-state index contributed by atoms with van der Waals surface area (Å²) in [6.07, 6.45) is 8.09. The largest absolute Gasteiger partial charge is 0.444 e. The Morgan fingerprint density at radius 1 is 1.07 bits per heavy atom. The maximum Gasteiger partial charge on any atom is 0.407 e. The fourth-order valence-electron chi connectivity index (χ4n) is 3.21. The van der Waals surface area contributed by atoms with Gasteiger partial charge in [-0.1, -0.05) is 24.3 Å². The van der Waals surface area contributed by atoms with Gasteiger partial charge in [0, 0.05) is 24.9 Å². The lowest BCUT2D eigenvalue weighted by Gasteiger charge is -2.19. The Labute approximate surface area is 161 Å². The molecule has 1 N–H and O–H groups in total. The van der Waals surface area contributed by atoms with Crippen molar-refractivity contribution in [3.63, 3.8) is 0 Å². The molecule has 5 nitrogen and oxygen atoms in total. The molecular formula is C22H29N3O2. The van der Waals surface area contributed by atoms with Crippen molar-refractivity contribution in [1.82, 2.24) is 15.3 Å². The molecule has 1 aromatic heterocycles. The third-order valence-electron chi connectivity index (χ3n) is 4.61. The molecule has 0 spiro atoms. The minimum Gasteiger partial charge on any atom is -0.444 e. The minimum atomic E-state index is -0.479. The molecule has 5 heteroatoms. The number of carbonyl (C=O) groups is 1. The van der Waals surface area contributed by atoms with E-state index in [2.05, 4.69) is 22.4 Å². The Balaban J connectivity index is 1.48. The van der Waals surface area contributed by atoms with Crippen LogP contribution in [-0.4, -0.2) is 21.7 Å². The molecule has 1 aliphatic rings. The molecule has 0 radical (unpaired) electrons. The van der Waals surface area contributed by atoms with Gasteiger partial charge in [-0.25, -0.2) is 14.8 Å². The van der Waals surface area contributed by atoms with Gasteiger partial charge < -0.3 is 10.1 Å². The van der Waals surface area contributed by atoms with Crippen LogP contribution < -0.4 is 5.32 Å². The zero-order chi connectivity index (χ0) is 19.3. The fourth-order valence-corrected chi connectivity index (χ4v) is 3.21. The van der Waals surface area contributed by atoms with E-state index in [1.165, 1.54) is 29.7 Å². The number of nitrogens with zero attached hydrogens (tertiary/aromatic N) is 2. The van der Waals surface area contributed by atoms with Gasteiger partial charge >= 0.3 is 6.09 Å². The summed E-state index contributed by atoms with van der Waals surface area (Å²) >= 11 is 0. The second-order valence-corrected chi connectivity index (χ2v) is 8.14. The lowest BCUT2D eigenvalue weighted by atomic mass is 9.97. The summed E-state index contributed by atoms with van der Waals surface area (Å²) < 4.78 is 5.25. The average molecular weight is 367 g/mol. The van der Waals surface area contributed by atoms with Crippen molar-refractivity contribution in [1.29, 1.82) is 0 Å². The highest BCUT2D eigenvalue weighted by Crippen LogP contribution is 2.18. The van der Waals surface area contributed by atoms with Crippen LogP contribution in [0.1, 0.15) is 61.8 Å². The zero-order valence-corrected chi connectivity index (χ0v) is 16.5. The summed E-state index contributed by atoms with van der Waals surface area (Å²) in [6.45, 7) is 6.03. The van der Waals surface area contributed by atoms with Crippen LogP contribution in [0.5, 0.6) is 0 Å². The molecule has 0 unspecified atom stereocenters. The number of rotatable bonds is 5. The fraction of sp³-hybridized carbons (Fsp3) is 0.500. The molecule has 144 valence electrons. The van der Waals surface area contributed by atoms with Crippen molar-refractivity contribution in [2.24, 2.45) is 0 Å². The molecule has 1 amide bonds. The smallest absolute Gasteiger partial charge is 0.407 e. The predicted octanol–water partition coefficient (Wildman–Crippen LogP) is 4.17. The van der Waals surface area contributed by atoms with E-state index >= 15 is 0 Å².